The third kappa shape index (κ3) is 6.64. The van der Waals surface area contributed by atoms with Gasteiger partial charge in [0.15, 0.2) is 12.7 Å². The maximum atomic E-state index is 11.2. The van der Waals surface area contributed by atoms with Gasteiger partial charge < -0.3 is 15.1 Å². The summed E-state index contributed by atoms with van der Waals surface area (Å²) in [5.74, 6) is -1.63. The van der Waals surface area contributed by atoms with Gasteiger partial charge in [0.1, 0.15) is 6.42 Å². The van der Waals surface area contributed by atoms with Gasteiger partial charge >= 0.3 is 11.9 Å². The number of carboxylic acids is 2. The highest BCUT2D eigenvalue weighted by atomic mass is 32.2. The number of thioether (sulfide) groups is 2. The van der Waals surface area contributed by atoms with Crippen LogP contribution < -0.4 is 9.47 Å². The summed E-state index contributed by atoms with van der Waals surface area (Å²) in [6.45, 7) is 2.87. The van der Waals surface area contributed by atoms with Gasteiger partial charge in [-0.3, -0.25) is 9.59 Å². The summed E-state index contributed by atoms with van der Waals surface area (Å²) in [5, 5.41) is 20.3. The van der Waals surface area contributed by atoms with Crippen LogP contribution in [0.4, 0.5) is 5.69 Å². The van der Waals surface area contributed by atoms with Crippen LogP contribution in [-0.4, -0.2) is 35.0 Å². The van der Waals surface area contributed by atoms with Crippen LogP contribution in [0.15, 0.2) is 93.3 Å². The first-order valence-corrected chi connectivity index (χ1v) is 13.9. The lowest BCUT2D eigenvalue weighted by Crippen LogP contribution is -2.35. The number of para-hydroxylation sites is 1. The Morgan fingerprint density at radius 1 is 1.08 bits per heavy atom. The zero-order valence-electron chi connectivity index (χ0n) is 20.8. The number of carbonyl (C=O) groups is 2. The first-order chi connectivity index (χ1) is 17.9. The Hall–Kier alpha value is -3.49. The first-order valence-electron chi connectivity index (χ1n) is 11.9. The Balaban J connectivity index is 1.57. The Bertz CT molecular complexity index is 1430. The van der Waals surface area contributed by atoms with Crippen molar-refractivity contribution in [2.45, 2.75) is 36.1 Å². The predicted molar refractivity (Wildman–Crippen MR) is 151 cm³/mol. The molecule has 8 heteroatoms. The van der Waals surface area contributed by atoms with Gasteiger partial charge in [0.05, 0.1) is 22.5 Å². The van der Waals surface area contributed by atoms with E-state index < -0.39 is 11.9 Å². The largest absolute Gasteiger partial charge is 0.481 e. The number of fused-ring (bicyclic) bond motifs is 2. The molecule has 3 aromatic rings. The number of benzene rings is 2. The molecule has 2 heterocycles. The van der Waals surface area contributed by atoms with Crippen LogP contribution in [0.25, 0.3) is 17.0 Å². The third-order valence-corrected chi connectivity index (χ3v) is 7.87. The number of hydrogen-bond donors (Lipinski definition) is 2. The summed E-state index contributed by atoms with van der Waals surface area (Å²) in [6.07, 6.45) is 12.3. The highest BCUT2D eigenvalue weighted by Crippen LogP contribution is 2.47. The van der Waals surface area contributed by atoms with Gasteiger partial charge in [-0.05, 0) is 49.1 Å². The molecule has 0 saturated carbocycles. The molecule has 4 rings (SSSR count). The number of nitrogens with zero attached hydrogens (tertiary/aromatic N) is 2. The number of pyridine rings is 1. The van der Waals surface area contributed by atoms with Gasteiger partial charge in [-0.15, -0.1) is 11.8 Å². The van der Waals surface area contributed by atoms with E-state index in [4.69, 9.17) is 5.11 Å². The molecule has 1 aliphatic rings. The fourth-order valence-electron chi connectivity index (χ4n) is 4.12. The van der Waals surface area contributed by atoms with E-state index in [0.717, 1.165) is 37.7 Å². The van der Waals surface area contributed by atoms with Crippen molar-refractivity contribution in [2.24, 2.45) is 0 Å². The van der Waals surface area contributed by atoms with Crippen LogP contribution in [0.2, 0.25) is 0 Å². The lowest BCUT2D eigenvalue weighted by molar-refractivity contribution is -0.670. The third-order valence-electron chi connectivity index (χ3n) is 6.03. The fraction of sp³-hybridized carbons (Fsp3) is 0.207. The van der Waals surface area contributed by atoms with Crippen LogP contribution in [-0.2, 0) is 16.1 Å². The van der Waals surface area contributed by atoms with E-state index in [2.05, 4.69) is 35.3 Å². The minimum atomic E-state index is -0.815. The molecule has 0 unspecified atom stereocenters. The van der Waals surface area contributed by atoms with Crippen LogP contribution in [0.3, 0.4) is 0 Å². The second-order valence-corrected chi connectivity index (χ2v) is 10.5. The standard InChI is InChI=1S/C29H28N2O4S2/c1-20(7-9-21-13-16-30(17-14-28(32)33)24-6-4-3-5-23(21)24)8-12-27-31(18-15-29(34)35)25-11-10-22(36-2)19-26(25)37-27/h3-13,16,19H,14-15,17-18H2,1-2H3,(H-,32,33,34,35)/p+1. The van der Waals surface area contributed by atoms with Crippen molar-refractivity contribution < 1.29 is 24.4 Å². The lowest BCUT2D eigenvalue weighted by atomic mass is 10.1. The molecule has 2 N–H and O–H groups in total. The van der Waals surface area contributed by atoms with Gasteiger partial charge in [-0.2, -0.15) is 4.57 Å². The molecule has 0 aliphatic carbocycles. The molecular formula is C29H29N2O4S2+. The second kappa shape index (κ2) is 12.2. The predicted octanol–water partition coefficient (Wildman–Crippen LogP) is 6.21. The second-order valence-electron chi connectivity index (χ2n) is 8.61. The van der Waals surface area contributed by atoms with Gasteiger partial charge in [-0.1, -0.05) is 47.7 Å². The van der Waals surface area contributed by atoms with E-state index in [0.29, 0.717) is 13.1 Å². The average molecular weight is 534 g/mol. The van der Waals surface area contributed by atoms with Crippen molar-refractivity contribution in [3.05, 3.63) is 89.1 Å². The molecule has 0 bridgehead atoms. The molecule has 0 saturated heterocycles. The number of anilines is 1. The molecular weight excluding hydrogens is 504 g/mol. The van der Waals surface area contributed by atoms with E-state index in [9.17, 15) is 14.7 Å². The highest BCUT2D eigenvalue weighted by Gasteiger charge is 2.25. The summed E-state index contributed by atoms with van der Waals surface area (Å²) in [6, 6.07) is 16.3. The molecule has 37 heavy (non-hydrogen) atoms. The van der Waals surface area contributed by atoms with Crippen LogP contribution >= 0.6 is 23.5 Å². The highest BCUT2D eigenvalue weighted by molar-refractivity contribution is 8.03. The molecule has 0 spiro atoms. The topological polar surface area (TPSA) is 81.7 Å². The summed E-state index contributed by atoms with van der Waals surface area (Å²) >= 11 is 3.35. The van der Waals surface area contributed by atoms with Crippen LogP contribution in [0.5, 0.6) is 0 Å². The van der Waals surface area contributed by atoms with Crippen LogP contribution in [0, 0.1) is 0 Å². The van der Waals surface area contributed by atoms with Crippen molar-refractivity contribution in [1.82, 2.24) is 0 Å². The lowest BCUT2D eigenvalue weighted by Gasteiger charge is -2.19. The van der Waals surface area contributed by atoms with Crippen LogP contribution in [0.1, 0.15) is 25.3 Å². The summed E-state index contributed by atoms with van der Waals surface area (Å²) < 4.78 is 1.97. The number of aryl methyl sites for hydroxylation is 1. The van der Waals surface area contributed by atoms with Gasteiger partial charge in [0.2, 0.25) is 5.52 Å². The number of carboxylic acid groups (broad SMARTS) is 2. The van der Waals surface area contributed by atoms with E-state index in [1.165, 1.54) is 4.90 Å². The van der Waals surface area contributed by atoms with Crippen molar-refractivity contribution in [2.75, 3.05) is 17.7 Å². The zero-order valence-corrected chi connectivity index (χ0v) is 22.4. The quantitative estimate of drug-likeness (QED) is 0.182. The van der Waals surface area contributed by atoms with Crippen molar-refractivity contribution in [3.63, 3.8) is 0 Å². The number of hydrogen-bond acceptors (Lipinski definition) is 5. The molecule has 2 aromatic carbocycles. The van der Waals surface area contributed by atoms with E-state index in [-0.39, 0.29) is 12.8 Å². The maximum Gasteiger partial charge on any atom is 0.309 e. The molecule has 0 amide bonds. The molecule has 1 aliphatic heterocycles. The minimum Gasteiger partial charge on any atom is -0.481 e. The zero-order chi connectivity index (χ0) is 26.4. The Morgan fingerprint density at radius 2 is 1.86 bits per heavy atom. The smallest absolute Gasteiger partial charge is 0.309 e. The van der Waals surface area contributed by atoms with Gasteiger partial charge in [-0.25, -0.2) is 0 Å². The summed E-state index contributed by atoms with van der Waals surface area (Å²) in [7, 11) is 0. The van der Waals surface area contributed by atoms with Gasteiger partial charge in [0.25, 0.3) is 0 Å². The Kier molecular flexibility index (Phi) is 8.74. The van der Waals surface area contributed by atoms with Gasteiger partial charge in [0, 0.05) is 28.5 Å². The number of aliphatic carboxylic acids is 2. The molecule has 1 aromatic heterocycles. The Labute approximate surface area is 225 Å². The monoisotopic (exact) mass is 533 g/mol. The first kappa shape index (κ1) is 26.6. The molecule has 0 radical (unpaired) electrons. The van der Waals surface area contributed by atoms with Crippen molar-refractivity contribution >= 4 is 58.1 Å². The average Bonchev–Trinajstić information content (AvgIpc) is 3.24. The normalized spacial score (nSPS) is 14.6. The number of aromatic nitrogens is 1. The van der Waals surface area contributed by atoms with Crippen molar-refractivity contribution in [1.29, 1.82) is 0 Å². The summed E-state index contributed by atoms with van der Waals surface area (Å²) in [5.41, 5.74) is 4.15. The van der Waals surface area contributed by atoms with E-state index in [1.807, 2.05) is 66.4 Å². The number of allylic oxidation sites excluding steroid dienone is 4. The molecule has 0 fully saturated rings. The van der Waals surface area contributed by atoms with E-state index >= 15 is 0 Å². The summed E-state index contributed by atoms with van der Waals surface area (Å²) in [4.78, 5) is 26.7. The molecule has 6 nitrogen and oxygen atoms in total. The fourth-order valence-corrected chi connectivity index (χ4v) is 5.76. The molecule has 0 atom stereocenters. The SMILES string of the molecule is CSc1ccc2c(c1)SC(=CC=C(C)C=Cc1cc[n+](CCC(=O)O)c3ccccc13)N2CCC(=O)O. The molecule has 190 valence electrons. The van der Waals surface area contributed by atoms with Crippen molar-refractivity contribution in [3.8, 4) is 0 Å². The number of rotatable bonds is 10. The minimum absolute atomic E-state index is 0.0672. The Morgan fingerprint density at radius 3 is 2.62 bits per heavy atom. The maximum absolute atomic E-state index is 11.2. The van der Waals surface area contributed by atoms with E-state index in [1.54, 1.807) is 23.5 Å².